The topological polar surface area (TPSA) is 74.2 Å². The highest BCUT2D eigenvalue weighted by atomic mass is 32.1. The van der Waals surface area contributed by atoms with Gasteiger partial charge in [0, 0.05) is 38.0 Å². The summed E-state index contributed by atoms with van der Waals surface area (Å²) in [4.78, 5) is 29.1. The molecule has 2 amide bonds. The van der Waals surface area contributed by atoms with Gasteiger partial charge in [-0.3, -0.25) is 14.7 Å². The Labute approximate surface area is 166 Å². The summed E-state index contributed by atoms with van der Waals surface area (Å²) in [6.07, 6.45) is 3.17. The third-order valence-corrected chi connectivity index (χ3v) is 6.04. The molecule has 150 valence electrons. The van der Waals surface area contributed by atoms with Crippen LogP contribution in [-0.4, -0.2) is 62.1 Å². The lowest BCUT2D eigenvalue weighted by molar-refractivity contribution is -0.146. The molecule has 3 heterocycles. The summed E-state index contributed by atoms with van der Waals surface area (Å²) in [7, 11) is 0. The summed E-state index contributed by atoms with van der Waals surface area (Å²) in [5, 5.41) is 7.37. The SMILES string of the molecule is CC(C)C(C(=O)N1CCC(c2n[nH]c(=S)n2C(C)C)CC1)N1CCCC1=O. The van der Waals surface area contributed by atoms with Crippen molar-refractivity contribution in [3.05, 3.63) is 10.6 Å². The van der Waals surface area contributed by atoms with Crippen molar-refractivity contribution in [3.63, 3.8) is 0 Å². The summed E-state index contributed by atoms with van der Waals surface area (Å²) >= 11 is 5.36. The molecule has 0 spiro atoms. The van der Waals surface area contributed by atoms with E-state index in [1.807, 2.05) is 18.7 Å². The third-order valence-electron chi connectivity index (χ3n) is 5.75. The molecular formula is C19H31N5O2S. The highest BCUT2D eigenvalue weighted by molar-refractivity contribution is 7.71. The quantitative estimate of drug-likeness (QED) is 0.781. The van der Waals surface area contributed by atoms with Crippen LogP contribution in [0.1, 0.15) is 71.2 Å². The molecule has 0 bridgehead atoms. The zero-order chi connectivity index (χ0) is 19.7. The lowest BCUT2D eigenvalue weighted by Crippen LogP contribution is -2.53. The summed E-state index contributed by atoms with van der Waals surface area (Å²) in [6.45, 7) is 10.4. The lowest BCUT2D eigenvalue weighted by atomic mass is 9.93. The predicted octanol–water partition coefficient (Wildman–Crippen LogP) is 2.87. The highest BCUT2D eigenvalue weighted by Crippen LogP contribution is 2.30. The minimum absolute atomic E-state index is 0.0985. The molecule has 2 aliphatic rings. The van der Waals surface area contributed by atoms with E-state index in [1.165, 1.54) is 0 Å². The number of aromatic amines is 1. The van der Waals surface area contributed by atoms with Gasteiger partial charge in [-0.25, -0.2) is 0 Å². The Morgan fingerprint density at radius 2 is 1.85 bits per heavy atom. The molecule has 8 heteroatoms. The maximum atomic E-state index is 13.2. The van der Waals surface area contributed by atoms with Crippen molar-refractivity contribution in [2.75, 3.05) is 19.6 Å². The highest BCUT2D eigenvalue weighted by Gasteiger charge is 2.38. The number of rotatable bonds is 5. The van der Waals surface area contributed by atoms with Crippen molar-refractivity contribution < 1.29 is 9.59 Å². The van der Waals surface area contributed by atoms with E-state index >= 15 is 0 Å². The maximum absolute atomic E-state index is 13.2. The van der Waals surface area contributed by atoms with E-state index in [-0.39, 0.29) is 29.8 Å². The van der Waals surface area contributed by atoms with Crippen molar-refractivity contribution in [2.45, 2.75) is 71.4 Å². The van der Waals surface area contributed by atoms with Crippen molar-refractivity contribution in [1.29, 1.82) is 0 Å². The molecule has 2 fully saturated rings. The van der Waals surface area contributed by atoms with E-state index in [4.69, 9.17) is 12.2 Å². The van der Waals surface area contributed by atoms with Crippen LogP contribution in [0.5, 0.6) is 0 Å². The van der Waals surface area contributed by atoms with Gasteiger partial charge in [-0.2, -0.15) is 5.10 Å². The first-order chi connectivity index (χ1) is 12.8. The fourth-order valence-electron chi connectivity index (χ4n) is 4.39. The van der Waals surface area contributed by atoms with E-state index in [0.717, 1.165) is 25.1 Å². The molecule has 27 heavy (non-hydrogen) atoms. The van der Waals surface area contributed by atoms with Crippen LogP contribution in [0.2, 0.25) is 0 Å². The van der Waals surface area contributed by atoms with Crippen molar-refractivity contribution in [2.24, 2.45) is 5.92 Å². The molecule has 0 aliphatic carbocycles. The second kappa shape index (κ2) is 8.12. The average molecular weight is 394 g/mol. The third kappa shape index (κ3) is 3.95. The first-order valence-corrected chi connectivity index (χ1v) is 10.5. The van der Waals surface area contributed by atoms with Gasteiger partial charge < -0.3 is 14.4 Å². The second-order valence-electron chi connectivity index (χ2n) is 8.33. The summed E-state index contributed by atoms with van der Waals surface area (Å²) in [5.74, 6) is 1.63. The Morgan fingerprint density at radius 1 is 1.19 bits per heavy atom. The van der Waals surface area contributed by atoms with Crippen molar-refractivity contribution >= 4 is 24.0 Å². The molecule has 3 rings (SSSR count). The van der Waals surface area contributed by atoms with Crippen LogP contribution in [0.3, 0.4) is 0 Å². The number of hydrogen-bond acceptors (Lipinski definition) is 4. The van der Waals surface area contributed by atoms with Gasteiger partial charge in [-0.05, 0) is 51.2 Å². The number of amides is 2. The molecule has 7 nitrogen and oxygen atoms in total. The zero-order valence-electron chi connectivity index (χ0n) is 16.8. The summed E-state index contributed by atoms with van der Waals surface area (Å²) in [5.41, 5.74) is 0. The summed E-state index contributed by atoms with van der Waals surface area (Å²) < 4.78 is 2.74. The van der Waals surface area contributed by atoms with Crippen LogP contribution < -0.4 is 0 Å². The molecule has 0 radical (unpaired) electrons. The van der Waals surface area contributed by atoms with E-state index in [9.17, 15) is 9.59 Å². The van der Waals surface area contributed by atoms with E-state index in [2.05, 4.69) is 28.6 Å². The molecule has 1 aromatic heterocycles. The molecule has 0 aromatic carbocycles. The zero-order valence-corrected chi connectivity index (χ0v) is 17.6. The van der Waals surface area contributed by atoms with Gasteiger partial charge in [0.1, 0.15) is 11.9 Å². The normalized spacial score (nSPS) is 20.1. The number of hydrogen-bond donors (Lipinski definition) is 1. The van der Waals surface area contributed by atoms with Gasteiger partial charge >= 0.3 is 0 Å². The molecular weight excluding hydrogens is 362 g/mol. The van der Waals surface area contributed by atoms with Gasteiger partial charge in [0.05, 0.1) is 0 Å². The van der Waals surface area contributed by atoms with Gasteiger partial charge in [0.2, 0.25) is 11.8 Å². The Kier molecular flexibility index (Phi) is 6.03. The minimum atomic E-state index is -0.332. The largest absolute Gasteiger partial charge is 0.341 e. The summed E-state index contributed by atoms with van der Waals surface area (Å²) in [6, 6.07) is -0.0702. The molecule has 1 aromatic rings. The predicted molar refractivity (Wildman–Crippen MR) is 106 cm³/mol. The number of carbonyl (C=O) groups is 2. The van der Waals surface area contributed by atoms with Crippen LogP contribution in [0.15, 0.2) is 0 Å². The smallest absolute Gasteiger partial charge is 0.245 e. The molecule has 1 atom stereocenters. The number of piperidine rings is 1. The maximum Gasteiger partial charge on any atom is 0.245 e. The van der Waals surface area contributed by atoms with Gasteiger partial charge in [0.15, 0.2) is 4.77 Å². The number of likely N-dealkylation sites (tertiary alicyclic amines) is 2. The van der Waals surface area contributed by atoms with Crippen LogP contribution in [0, 0.1) is 10.7 Å². The standard InChI is InChI=1S/C19H31N5O2S/c1-12(2)16(23-9-5-6-15(23)25)18(26)22-10-7-14(8-11-22)17-20-21-19(27)24(17)13(3)4/h12-14,16H,5-11H2,1-4H3,(H,21,27). The number of nitrogens with zero attached hydrogens (tertiary/aromatic N) is 4. The number of nitrogens with one attached hydrogen (secondary N) is 1. The first kappa shape index (κ1) is 20.0. The fourth-order valence-corrected chi connectivity index (χ4v) is 4.74. The van der Waals surface area contributed by atoms with E-state index in [1.54, 1.807) is 4.90 Å². The van der Waals surface area contributed by atoms with Crippen LogP contribution >= 0.6 is 12.2 Å². The van der Waals surface area contributed by atoms with E-state index in [0.29, 0.717) is 36.7 Å². The fraction of sp³-hybridized carbons (Fsp3) is 0.789. The van der Waals surface area contributed by atoms with Crippen molar-refractivity contribution in [3.8, 4) is 0 Å². The Hall–Kier alpha value is -1.70. The van der Waals surface area contributed by atoms with Crippen LogP contribution in [-0.2, 0) is 9.59 Å². The molecule has 1 unspecified atom stereocenters. The average Bonchev–Trinajstić information content (AvgIpc) is 3.21. The van der Waals surface area contributed by atoms with Crippen LogP contribution in [0.25, 0.3) is 0 Å². The van der Waals surface area contributed by atoms with Gasteiger partial charge in [0.25, 0.3) is 0 Å². The van der Waals surface area contributed by atoms with Crippen LogP contribution in [0.4, 0.5) is 0 Å². The Morgan fingerprint density at radius 3 is 2.37 bits per heavy atom. The number of aromatic nitrogens is 3. The second-order valence-corrected chi connectivity index (χ2v) is 8.72. The first-order valence-electron chi connectivity index (χ1n) is 10.1. The van der Waals surface area contributed by atoms with Gasteiger partial charge in [-0.1, -0.05) is 13.8 Å². The molecule has 2 saturated heterocycles. The van der Waals surface area contributed by atoms with Crippen molar-refractivity contribution in [1.82, 2.24) is 24.6 Å². The lowest BCUT2D eigenvalue weighted by Gasteiger charge is -2.38. The molecule has 0 saturated carbocycles. The Bertz CT molecular complexity index is 746. The number of H-pyrrole nitrogens is 1. The van der Waals surface area contributed by atoms with E-state index < -0.39 is 0 Å². The molecule has 1 N–H and O–H groups in total. The monoisotopic (exact) mass is 393 g/mol. The Balaban J connectivity index is 1.69. The minimum Gasteiger partial charge on any atom is -0.341 e. The molecule has 2 aliphatic heterocycles. The van der Waals surface area contributed by atoms with Gasteiger partial charge in [-0.15, -0.1) is 0 Å². The number of carbonyl (C=O) groups excluding carboxylic acids is 2.